The zero-order valence-corrected chi connectivity index (χ0v) is 24.4. The van der Waals surface area contributed by atoms with Crippen molar-refractivity contribution in [2.24, 2.45) is 5.92 Å². The van der Waals surface area contributed by atoms with Crippen molar-refractivity contribution in [1.82, 2.24) is 19.8 Å². The van der Waals surface area contributed by atoms with E-state index in [1.165, 1.54) is 29.0 Å². The Hall–Kier alpha value is -4.16. The number of benzene rings is 2. The van der Waals surface area contributed by atoms with E-state index in [0.29, 0.717) is 44.7 Å². The van der Waals surface area contributed by atoms with E-state index in [4.69, 9.17) is 14.7 Å². The van der Waals surface area contributed by atoms with Crippen LogP contribution in [0.2, 0.25) is 0 Å². The number of likely N-dealkylation sites (tertiary alicyclic amines) is 1. The number of piperidine rings is 1. The number of piperazine rings is 1. The van der Waals surface area contributed by atoms with Gasteiger partial charge in [0.05, 0.1) is 37.4 Å². The third-order valence-electron chi connectivity index (χ3n) is 8.87. The first-order valence-electron chi connectivity index (χ1n) is 15.0. The normalized spacial score (nSPS) is 21.1. The summed E-state index contributed by atoms with van der Waals surface area (Å²) in [5.74, 6) is 1.20. The van der Waals surface area contributed by atoms with Gasteiger partial charge in [-0.25, -0.2) is 0 Å². The van der Waals surface area contributed by atoms with Crippen LogP contribution in [0.4, 0.5) is 11.5 Å². The number of amides is 1. The summed E-state index contributed by atoms with van der Waals surface area (Å²) in [6.07, 6.45) is 4.72. The fourth-order valence-electron chi connectivity index (χ4n) is 6.74. The summed E-state index contributed by atoms with van der Waals surface area (Å²) in [5, 5.41) is 12.0. The van der Waals surface area contributed by atoms with Crippen molar-refractivity contribution < 1.29 is 9.53 Å². The predicted octanol–water partition coefficient (Wildman–Crippen LogP) is 4.03. The summed E-state index contributed by atoms with van der Waals surface area (Å²) in [5.41, 5.74) is 3.32. The third-order valence-corrected chi connectivity index (χ3v) is 8.87. The number of hydrogen-bond donors (Lipinski definition) is 0. The number of aromatic nitrogens is 2. The second kappa shape index (κ2) is 12.4. The van der Waals surface area contributed by atoms with Crippen molar-refractivity contribution >= 4 is 28.2 Å². The van der Waals surface area contributed by atoms with Crippen molar-refractivity contribution in [3.05, 3.63) is 66.4 Å². The monoisotopic (exact) mass is 565 g/mol. The molecule has 2 fully saturated rings. The molecule has 9 heteroatoms. The molecule has 9 nitrogen and oxygen atoms in total. The largest absolute Gasteiger partial charge is 0.463 e. The van der Waals surface area contributed by atoms with Gasteiger partial charge in [-0.15, -0.1) is 0 Å². The quantitative estimate of drug-likeness (QED) is 0.397. The molecule has 0 aliphatic carbocycles. The van der Waals surface area contributed by atoms with Crippen LogP contribution in [0.3, 0.4) is 0 Å². The third kappa shape index (κ3) is 5.77. The molecule has 6 rings (SSSR count). The highest BCUT2D eigenvalue weighted by atomic mass is 16.5. The number of rotatable bonds is 7. The molecule has 1 unspecified atom stereocenters. The molecule has 0 radical (unpaired) electrons. The van der Waals surface area contributed by atoms with E-state index in [1.54, 1.807) is 4.90 Å². The van der Waals surface area contributed by atoms with Crippen molar-refractivity contribution in [2.75, 3.05) is 62.7 Å². The molecule has 2 atom stereocenters. The van der Waals surface area contributed by atoms with Crippen molar-refractivity contribution in [1.29, 1.82) is 5.26 Å². The number of fused-ring (bicyclic) bond motifs is 2. The summed E-state index contributed by atoms with van der Waals surface area (Å²) in [6.45, 7) is 9.59. The molecule has 1 amide bonds. The molecule has 0 bridgehead atoms. The summed E-state index contributed by atoms with van der Waals surface area (Å²) in [7, 11) is 2.16. The highest BCUT2D eigenvalue weighted by Crippen LogP contribution is 2.35. The van der Waals surface area contributed by atoms with Crippen LogP contribution in [0.5, 0.6) is 6.01 Å². The van der Waals surface area contributed by atoms with Crippen LogP contribution in [0, 0.1) is 17.2 Å². The maximum atomic E-state index is 12.5. The van der Waals surface area contributed by atoms with Crippen molar-refractivity contribution in [3.8, 4) is 12.1 Å². The molecule has 42 heavy (non-hydrogen) atoms. The number of nitriles is 1. The standard InChI is InChI=1S/C33H39N7O2/c1-3-31(41)40-19-18-39(21-26(40)13-15-34)32-28-14-17-38(30-12-6-10-25-9-4-5-11-27(25)30)22-29(28)35-33(36-32)42-23-24-8-7-16-37(2)20-24/h3-6,9-12,24,26H,1,7-8,13-14,16-23H2,2H3/t24-,26?/m0/s1. The molecule has 0 saturated carbocycles. The van der Waals surface area contributed by atoms with Gasteiger partial charge in [-0.3, -0.25) is 4.79 Å². The average molecular weight is 566 g/mol. The van der Waals surface area contributed by atoms with Gasteiger partial charge in [-0.2, -0.15) is 15.2 Å². The summed E-state index contributed by atoms with van der Waals surface area (Å²) >= 11 is 0. The zero-order chi connectivity index (χ0) is 29.1. The Morgan fingerprint density at radius 1 is 1.10 bits per heavy atom. The first kappa shape index (κ1) is 28.0. The minimum atomic E-state index is -0.224. The lowest BCUT2D eigenvalue weighted by Gasteiger charge is -2.42. The molecule has 0 N–H and O–H groups in total. The van der Waals surface area contributed by atoms with Gasteiger partial charge in [-0.05, 0) is 50.4 Å². The van der Waals surface area contributed by atoms with Gasteiger partial charge < -0.3 is 24.3 Å². The highest BCUT2D eigenvalue weighted by Gasteiger charge is 2.33. The van der Waals surface area contributed by atoms with Crippen molar-refractivity contribution in [3.63, 3.8) is 0 Å². The number of carbonyl (C=O) groups excluding carboxylic acids is 1. The van der Waals surface area contributed by atoms with Gasteiger partial charge in [0.2, 0.25) is 5.91 Å². The van der Waals surface area contributed by atoms with Crippen LogP contribution in [0.25, 0.3) is 10.8 Å². The van der Waals surface area contributed by atoms with Gasteiger partial charge in [0.1, 0.15) is 5.82 Å². The Morgan fingerprint density at radius 3 is 2.79 bits per heavy atom. The molecule has 0 spiro atoms. The van der Waals surface area contributed by atoms with E-state index in [1.807, 2.05) is 0 Å². The van der Waals surface area contributed by atoms with Gasteiger partial charge in [-0.1, -0.05) is 43.0 Å². The van der Waals surface area contributed by atoms with E-state index in [2.05, 4.69) is 76.9 Å². The van der Waals surface area contributed by atoms with Gasteiger partial charge >= 0.3 is 6.01 Å². The Bertz CT molecular complexity index is 1500. The molecule has 1 aromatic heterocycles. The van der Waals surface area contributed by atoms with E-state index in [-0.39, 0.29) is 18.4 Å². The summed E-state index contributed by atoms with van der Waals surface area (Å²) in [4.78, 5) is 31.3. The minimum Gasteiger partial charge on any atom is -0.463 e. The smallest absolute Gasteiger partial charge is 0.318 e. The molecule has 4 heterocycles. The Morgan fingerprint density at radius 2 is 1.95 bits per heavy atom. The Kier molecular flexibility index (Phi) is 8.24. The van der Waals surface area contributed by atoms with E-state index in [9.17, 15) is 10.1 Å². The molecule has 218 valence electrons. The van der Waals surface area contributed by atoms with Crippen LogP contribution in [-0.2, 0) is 17.8 Å². The molecule has 2 saturated heterocycles. The van der Waals surface area contributed by atoms with E-state index >= 15 is 0 Å². The lowest BCUT2D eigenvalue weighted by Crippen LogP contribution is -2.55. The number of anilines is 2. The number of carbonyl (C=O) groups is 1. The van der Waals surface area contributed by atoms with Crippen LogP contribution >= 0.6 is 0 Å². The maximum Gasteiger partial charge on any atom is 0.318 e. The fraction of sp³-hybridized carbons (Fsp3) is 0.455. The molecule has 3 aromatic rings. The topological polar surface area (TPSA) is 88.8 Å². The van der Waals surface area contributed by atoms with Gasteiger partial charge in [0.15, 0.2) is 0 Å². The number of nitrogens with zero attached hydrogens (tertiary/aromatic N) is 7. The summed E-state index contributed by atoms with van der Waals surface area (Å²) in [6, 6.07) is 17.4. The SMILES string of the molecule is C=CC(=O)N1CCN(c2nc(OC[C@H]3CCCN(C)C3)nc3c2CCN(c2cccc4ccccc24)C3)CC1CC#N. The second-order valence-electron chi connectivity index (χ2n) is 11.7. The highest BCUT2D eigenvalue weighted by molar-refractivity contribution is 5.94. The Labute approximate surface area is 248 Å². The van der Waals surface area contributed by atoms with E-state index in [0.717, 1.165) is 49.6 Å². The predicted molar refractivity (Wildman–Crippen MR) is 165 cm³/mol. The fourth-order valence-corrected chi connectivity index (χ4v) is 6.74. The lowest BCUT2D eigenvalue weighted by atomic mass is 10.00. The van der Waals surface area contributed by atoms with Gasteiger partial charge in [0.25, 0.3) is 0 Å². The van der Waals surface area contributed by atoms with Gasteiger partial charge in [0, 0.05) is 55.3 Å². The van der Waals surface area contributed by atoms with Crippen LogP contribution in [0.1, 0.15) is 30.5 Å². The molecule has 3 aliphatic heterocycles. The van der Waals surface area contributed by atoms with Crippen LogP contribution in [0.15, 0.2) is 55.1 Å². The number of hydrogen-bond acceptors (Lipinski definition) is 8. The first-order valence-corrected chi connectivity index (χ1v) is 15.0. The average Bonchev–Trinajstić information content (AvgIpc) is 3.02. The molecular formula is C33H39N7O2. The maximum absolute atomic E-state index is 12.5. The number of ether oxygens (including phenoxy) is 1. The van der Waals surface area contributed by atoms with Crippen LogP contribution < -0.4 is 14.5 Å². The molecule has 3 aliphatic rings. The molecular weight excluding hydrogens is 526 g/mol. The van der Waals surface area contributed by atoms with E-state index < -0.39 is 0 Å². The minimum absolute atomic E-state index is 0.133. The van der Waals surface area contributed by atoms with Crippen LogP contribution in [-0.4, -0.2) is 84.6 Å². The first-order chi connectivity index (χ1) is 20.5. The zero-order valence-electron chi connectivity index (χ0n) is 24.4. The summed E-state index contributed by atoms with van der Waals surface area (Å²) < 4.78 is 6.33. The second-order valence-corrected chi connectivity index (χ2v) is 11.7. The lowest BCUT2D eigenvalue weighted by molar-refractivity contribution is -0.128. The molecule has 2 aromatic carbocycles. The Balaban J connectivity index is 1.31. The van der Waals surface area contributed by atoms with Crippen molar-refractivity contribution in [2.45, 2.75) is 38.3 Å².